The summed E-state index contributed by atoms with van der Waals surface area (Å²) in [6, 6.07) is -1.05. The van der Waals surface area contributed by atoms with Gasteiger partial charge in [-0.05, 0) is 19.4 Å². The van der Waals surface area contributed by atoms with Gasteiger partial charge < -0.3 is 70.2 Å². The standard InChI is InChI=1S/C21H35NO13/c1-7(2)33-21-18(31)16(29)19(11(5-24)34-21)35-20-17(30)14(27)10(6-32-20)22-9-3-8(4-23)12(25)15(28)13(9)26/h3,6-7,9,11-31H,4-5H2,1-2H3/t9-,11?,12+,13-,14?,15-,16?,17?,18?,19+,20+,21-/m0/s1. The Hall–Kier alpha value is -1.40. The summed E-state index contributed by atoms with van der Waals surface area (Å²) < 4.78 is 21.8. The molecule has 0 bridgehead atoms. The second kappa shape index (κ2) is 11.8. The number of ether oxygens (including phenoxy) is 4. The lowest BCUT2D eigenvalue weighted by Crippen LogP contribution is -2.62. The smallest absolute Gasteiger partial charge is 0.228 e. The molecule has 0 aromatic carbocycles. The molecule has 14 nitrogen and oxygen atoms in total. The summed E-state index contributed by atoms with van der Waals surface area (Å²) in [5, 5.41) is 93.8. The van der Waals surface area contributed by atoms with Gasteiger partial charge in [-0.1, -0.05) is 6.08 Å². The molecule has 0 spiro atoms. The third kappa shape index (κ3) is 5.95. The first-order chi connectivity index (χ1) is 16.5. The Labute approximate surface area is 201 Å². The summed E-state index contributed by atoms with van der Waals surface area (Å²) in [7, 11) is 0. The molecule has 10 N–H and O–H groups in total. The summed E-state index contributed by atoms with van der Waals surface area (Å²) in [6.45, 7) is 2.19. The quantitative estimate of drug-likeness (QED) is 0.138. The van der Waals surface area contributed by atoms with Crippen LogP contribution >= 0.6 is 0 Å². The molecule has 0 aromatic rings. The lowest BCUT2D eigenvalue weighted by atomic mass is 9.88. The van der Waals surface area contributed by atoms with Crippen molar-refractivity contribution < 1.29 is 64.9 Å². The molecule has 14 heteroatoms. The van der Waals surface area contributed by atoms with Crippen LogP contribution in [-0.2, 0) is 18.9 Å². The van der Waals surface area contributed by atoms with Crippen molar-refractivity contribution >= 4 is 0 Å². The molecule has 0 aromatic heterocycles. The van der Waals surface area contributed by atoms with E-state index in [9.17, 15) is 46.0 Å². The molecule has 3 rings (SSSR count). The van der Waals surface area contributed by atoms with Gasteiger partial charge in [0.1, 0.15) is 61.2 Å². The molecule has 0 radical (unpaired) electrons. The fraction of sp³-hybridized carbons (Fsp3) is 0.810. The van der Waals surface area contributed by atoms with Gasteiger partial charge in [0.25, 0.3) is 0 Å². The Balaban J connectivity index is 1.70. The minimum atomic E-state index is -1.73. The van der Waals surface area contributed by atoms with Crippen LogP contribution in [0.1, 0.15) is 13.8 Å². The third-order valence-electron chi connectivity index (χ3n) is 6.10. The van der Waals surface area contributed by atoms with Crippen LogP contribution in [0.5, 0.6) is 0 Å². The molecule has 3 aliphatic rings. The first kappa shape index (κ1) is 28.2. The Morgan fingerprint density at radius 1 is 0.886 bits per heavy atom. The zero-order chi connectivity index (χ0) is 26.0. The normalized spacial score (nSPS) is 44.5. The van der Waals surface area contributed by atoms with Crippen molar-refractivity contribution in [3.8, 4) is 0 Å². The van der Waals surface area contributed by atoms with E-state index < -0.39 is 86.8 Å². The van der Waals surface area contributed by atoms with E-state index in [1.54, 1.807) is 13.8 Å². The minimum Gasteiger partial charge on any atom is -0.468 e. The number of aliphatic hydroxyl groups is 9. The van der Waals surface area contributed by atoms with E-state index in [1.165, 1.54) is 6.08 Å². The number of nitrogens with one attached hydrogen (secondary N) is 1. The molecule has 35 heavy (non-hydrogen) atoms. The highest BCUT2D eigenvalue weighted by molar-refractivity contribution is 5.24. The van der Waals surface area contributed by atoms with Crippen molar-refractivity contribution in [2.45, 2.75) is 93.5 Å². The predicted octanol–water partition coefficient (Wildman–Crippen LogP) is -4.87. The van der Waals surface area contributed by atoms with Crippen molar-refractivity contribution in [1.82, 2.24) is 5.32 Å². The van der Waals surface area contributed by atoms with E-state index in [1.807, 2.05) is 0 Å². The first-order valence-corrected chi connectivity index (χ1v) is 11.3. The monoisotopic (exact) mass is 509 g/mol. The maximum atomic E-state index is 10.6. The summed E-state index contributed by atoms with van der Waals surface area (Å²) in [6.07, 6.45) is -14.5. The van der Waals surface area contributed by atoms with Gasteiger partial charge in [-0.3, -0.25) is 0 Å². The molecule has 1 saturated heterocycles. The SMILES string of the molecule is CC(C)O[C@H]1OC(CO)[C@@H](O[C@H]2OC=C(N[C@H]3C=C(CO)[C@@H](O)[C@H](O)[C@H]3O)C(O)C2O)C(O)C1O. The molecule has 2 aliphatic heterocycles. The maximum Gasteiger partial charge on any atom is 0.228 e. The zero-order valence-corrected chi connectivity index (χ0v) is 19.2. The fourth-order valence-electron chi connectivity index (χ4n) is 4.12. The third-order valence-corrected chi connectivity index (χ3v) is 6.10. The van der Waals surface area contributed by atoms with Crippen LogP contribution in [-0.4, -0.2) is 139 Å². The van der Waals surface area contributed by atoms with Crippen LogP contribution in [0.3, 0.4) is 0 Å². The average Bonchev–Trinajstić information content (AvgIpc) is 2.82. The van der Waals surface area contributed by atoms with E-state index in [4.69, 9.17) is 18.9 Å². The minimum absolute atomic E-state index is 0.0496. The van der Waals surface area contributed by atoms with Crippen LogP contribution in [0.2, 0.25) is 0 Å². The van der Waals surface area contributed by atoms with Gasteiger partial charge >= 0.3 is 0 Å². The molecular formula is C21H35NO13. The summed E-state index contributed by atoms with van der Waals surface area (Å²) in [5.41, 5.74) is -0.0587. The average molecular weight is 510 g/mol. The summed E-state index contributed by atoms with van der Waals surface area (Å²) in [5.74, 6) is 0. The van der Waals surface area contributed by atoms with Crippen LogP contribution in [0, 0.1) is 0 Å². The van der Waals surface area contributed by atoms with E-state index in [0.29, 0.717) is 0 Å². The molecular weight excluding hydrogens is 474 g/mol. The predicted molar refractivity (Wildman–Crippen MR) is 114 cm³/mol. The molecule has 0 saturated carbocycles. The van der Waals surface area contributed by atoms with Crippen LogP contribution in [0.4, 0.5) is 0 Å². The van der Waals surface area contributed by atoms with Crippen LogP contribution < -0.4 is 5.32 Å². The van der Waals surface area contributed by atoms with E-state index in [-0.39, 0.29) is 17.4 Å². The highest BCUT2D eigenvalue weighted by Gasteiger charge is 2.49. The van der Waals surface area contributed by atoms with Gasteiger partial charge in [-0.2, -0.15) is 0 Å². The van der Waals surface area contributed by atoms with Crippen LogP contribution in [0.15, 0.2) is 23.6 Å². The number of aliphatic hydroxyl groups excluding tert-OH is 9. The Morgan fingerprint density at radius 3 is 2.17 bits per heavy atom. The molecule has 0 amide bonds. The molecule has 2 heterocycles. The maximum absolute atomic E-state index is 10.6. The summed E-state index contributed by atoms with van der Waals surface area (Å²) >= 11 is 0. The van der Waals surface area contributed by atoms with Gasteiger partial charge in [0, 0.05) is 0 Å². The van der Waals surface area contributed by atoms with Gasteiger partial charge in [0.05, 0.1) is 31.1 Å². The zero-order valence-electron chi connectivity index (χ0n) is 19.2. The Kier molecular flexibility index (Phi) is 9.47. The Morgan fingerprint density at radius 2 is 1.57 bits per heavy atom. The lowest BCUT2D eigenvalue weighted by molar-refractivity contribution is -0.338. The number of hydrogen-bond acceptors (Lipinski definition) is 14. The van der Waals surface area contributed by atoms with E-state index in [0.717, 1.165) is 6.26 Å². The van der Waals surface area contributed by atoms with Crippen molar-refractivity contribution in [1.29, 1.82) is 0 Å². The van der Waals surface area contributed by atoms with Gasteiger partial charge in [-0.25, -0.2) is 0 Å². The molecule has 5 unspecified atom stereocenters. The van der Waals surface area contributed by atoms with Crippen molar-refractivity contribution in [3.63, 3.8) is 0 Å². The van der Waals surface area contributed by atoms with E-state index in [2.05, 4.69) is 5.32 Å². The van der Waals surface area contributed by atoms with Crippen molar-refractivity contribution in [2.75, 3.05) is 13.2 Å². The van der Waals surface area contributed by atoms with Crippen molar-refractivity contribution in [2.24, 2.45) is 0 Å². The van der Waals surface area contributed by atoms with Crippen LogP contribution in [0.25, 0.3) is 0 Å². The summed E-state index contributed by atoms with van der Waals surface area (Å²) in [4.78, 5) is 0. The fourth-order valence-corrected chi connectivity index (χ4v) is 4.12. The number of rotatable bonds is 8. The second-order valence-corrected chi connectivity index (χ2v) is 9.00. The first-order valence-electron chi connectivity index (χ1n) is 11.3. The molecule has 1 fully saturated rings. The van der Waals surface area contributed by atoms with Gasteiger partial charge in [0.2, 0.25) is 6.29 Å². The van der Waals surface area contributed by atoms with Gasteiger partial charge in [-0.15, -0.1) is 0 Å². The van der Waals surface area contributed by atoms with Gasteiger partial charge in [0.15, 0.2) is 6.29 Å². The molecule has 12 atom stereocenters. The second-order valence-electron chi connectivity index (χ2n) is 9.00. The topological polar surface area (TPSA) is 231 Å². The lowest BCUT2D eigenvalue weighted by Gasteiger charge is -2.44. The highest BCUT2D eigenvalue weighted by atomic mass is 16.7. The number of hydrogen-bond donors (Lipinski definition) is 10. The molecule has 1 aliphatic carbocycles. The highest BCUT2D eigenvalue weighted by Crippen LogP contribution is 2.29. The Bertz CT molecular complexity index is 762. The molecule has 202 valence electrons. The largest absolute Gasteiger partial charge is 0.468 e. The van der Waals surface area contributed by atoms with E-state index >= 15 is 0 Å². The van der Waals surface area contributed by atoms with Crippen molar-refractivity contribution in [3.05, 3.63) is 23.6 Å².